The summed E-state index contributed by atoms with van der Waals surface area (Å²) in [5.41, 5.74) is -4.25. The standard InChI is InChI=1S/C16H12F9N3O/c1-6(2)28-12(27-11(16(23,24)25)10(26)13(28)29)8-4-3-7(14(17,18)19)5-9(8)15(20,21)22/h3-6H,26H2,1-2H3. The second-order valence-corrected chi connectivity index (χ2v) is 6.22. The van der Waals surface area contributed by atoms with Crippen LogP contribution in [0.25, 0.3) is 11.4 Å². The Labute approximate surface area is 156 Å². The predicted molar refractivity (Wildman–Crippen MR) is 83.7 cm³/mol. The number of nitrogens with two attached hydrogens (primary N) is 1. The highest BCUT2D eigenvalue weighted by Gasteiger charge is 2.41. The molecule has 4 nitrogen and oxygen atoms in total. The average molecular weight is 433 g/mol. The second kappa shape index (κ2) is 6.95. The van der Waals surface area contributed by atoms with Gasteiger partial charge in [-0.1, -0.05) is 6.07 Å². The first-order valence-corrected chi connectivity index (χ1v) is 7.74. The van der Waals surface area contributed by atoms with Crippen LogP contribution in [0.4, 0.5) is 45.2 Å². The van der Waals surface area contributed by atoms with Crippen molar-refractivity contribution in [3.8, 4) is 11.4 Å². The summed E-state index contributed by atoms with van der Waals surface area (Å²) in [6, 6.07) is -0.679. The van der Waals surface area contributed by atoms with E-state index in [0.717, 1.165) is 0 Å². The van der Waals surface area contributed by atoms with Gasteiger partial charge in [0.1, 0.15) is 11.5 Å². The zero-order chi connectivity index (χ0) is 22.5. The summed E-state index contributed by atoms with van der Waals surface area (Å²) in [7, 11) is 0. The number of nitrogens with zero attached hydrogens (tertiary/aromatic N) is 2. The monoisotopic (exact) mass is 433 g/mol. The van der Waals surface area contributed by atoms with Gasteiger partial charge in [-0.05, 0) is 26.0 Å². The summed E-state index contributed by atoms with van der Waals surface area (Å²) in [6.07, 6.45) is -15.8. The van der Waals surface area contributed by atoms with Gasteiger partial charge >= 0.3 is 18.5 Å². The normalized spacial score (nSPS) is 13.2. The summed E-state index contributed by atoms with van der Waals surface area (Å²) >= 11 is 0. The van der Waals surface area contributed by atoms with E-state index in [9.17, 15) is 44.3 Å². The minimum atomic E-state index is -5.38. The molecule has 0 atom stereocenters. The van der Waals surface area contributed by atoms with Gasteiger partial charge in [0.2, 0.25) is 0 Å². The van der Waals surface area contributed by atoms with E-state index in [-0.39, 0.29) is 12.1 Å². The molecule has 1 heterocycles. The molecule has 0 spiro atoms. The van der Waals surface area contributed by atoms with Crippen LogP contribution >= 0.6 is 0 Å². The van der Waals surface area contributed by atoms with Crippen molar-refractivity contribution in [2.75, 3.05) is 5.73 Å². The number of hydrogen-bond acceptors (Lipinski definition) is 3. The fourth-order valence-electron chi connectivity index (χ4n) is 2.58. The van der Waals surface area contributed by atoms with E-state index in [0.29, 0.717) is 10.6 Å². The van der Waals surface area contributed by atoms with Gasteiger partial charge < -0.3 is 5.73 Å². The van der Waals surface area contributed by atoms with Crippen LogP contribution in [0.2, 0.25) is 0 Å². The molecule has 0 radical (unpaired) electrons. The predicted octanol–water partition coefficient (Wildman–Crippen LogP) is 5.13. The van der Waals surface area contributed by atoms with Crippen molar-refractivity contribution in [2.24, 2.45) is 0 Å². The van der Waals surface area contributed by atoms with Gasteiger partial charge in [0, 0.05) is 11.6 Å². The van der Waals surface area contributed by atoms with Crippen LogP contribution in [0.5, 0.6) is 0 Å². The van der Waals surface area contributed by atoms with E-state index >= 15 is 0 Å². The Kier molecular flexibility index (Phi) is 5.41. The van der Waals surface area contributed by atoms with E-state index in [1.807, 2.05) is 0 Å². The first-order chi connectivity index (χ1) is 13.0. The molecule has 0 aliphatic rings. The molecule has 0 unspecified atom stereocenters. The highest BCUT2D eigenvalue weighted by Crippen LogP contribution is 2.41. The number of rotatable bonds is 2. The Morgan fingerprint density at radius 3 is 1.90 bits per heavy atom. The molecule has 0 fully saturated rings. The van der Waals surface area contributed by atoms with Crippen LogP contribution in [-0.4, -0.2) is 9.55 Å². The van der Waals surface area contributed by atoms with E-state index in [2.05, 4.69) is 4.98 Å². The molecule has 1 aromatic carbocycles. The highest BCUT2D eigenvalue weighted by molar-refractivity contribution is 5.64. The minimum Gasteiger partial charge on any atom is -0.392 e. The Morgan fingerprint density at radius 1 is 0.931 bits per heavy atom. The van der Waals surface area contributed by atoms with Gasteiger partial charge in [0.05, 0.1) is 11.1 Å². The lowest BCUT2D eigenvalue weighted by atomic mass is 10.0. The molecule has 29 heavy (non-hydrogen) atoms. The van der Waals surface area contributed by atoms with Gasteiger partial charge in [-0.15, -0.1) is 0 Å². The molecule has 0 amide bonds. The fraction of sp³-hybridized carbons (Fsp3) is 0.375. The molecule has 2 aromatic rings. The van der Waals surface area contributed by atoms with E-state index in [4.69, 9.17) is 5.73 Å². The first kappa shape index (κ1) is 22.6. The molecule has 160 valence electrons. The quantitative estimate of drug-likeness (QED) is 0.669. The van der Waals surface area contributed by atoms with Gasteiger partial charge in [0.15, 0.2) is 5.69 Å². The van der Waals surface area contributed by atoms with Crippen LogP contribution in [0, 0.1) is 0 Å². The third-order valence-electron chi connectivity index (χ3n) is 3.83. The molecule has 0 aliphatic heterocycles. The van der Waals surface area contributed by atoms with Crippen molar-refractivity contribution in [1.82, 2.24) is 9.55 Å². The van der Waals surface area contributed by atoms with Crippen LogP contribution in [-0.2, 0) is 18.5 Å². The number of halogens is 9. The van der Waals surface area contributed by atoms with Crippen molar-refractivity contribution in [3.05, 3.63) is 45.4 Å². The second-order valence-electron chi connectivity index (χ2n) is 6.22. The fourth-order valence-corrected chi connectivity index (χ4v) is 2.58. The first-order valence-electron chi connectivity index (χ1n) is 7.74. The summed E-state index contributed by atoms with van der Waals surface area (Å²) in [4.78, 5) is 15.4. The van der Waals surface area contributed by atoms with Gasteiger partial charge in [-0.2, -0.15) is 39.5 Å². The molecule has 1 aromatic heterocycles. The number of alkyl halides is 9. The topological polar surface area (TPSA) is 60.9 Å². The molecule has 2 N–H and O–H groups in total. The summed E-state index contributed by atoms with van der Waals surface area (Å²) in [6.45, 7) is 2.52. The van der Waals surface area contributed by atoms with Gasteiger partial charge in [-0.25, -0.2) is 4.98 Å². The number of hydrogen-bond donors (Lipinski definition) is 1. The molecule has 13 heteroatoms. The maximum atomic E-state index is 13.4. The van der Waals surface area contributed by atoms with E-state index in [1.54, 1.807) is 0 Å². The van der Waals surface area contributed by atoms with Crippen molar-refractivity contribution >= 4 is 5.69 Å². The minimum absolute atomic E-state index is 0.254. The largest absolute Gasteiger partial charge is 0.435 e. The van der Waals surface area contributed by atoms with Crippen LogP contribution in [0.1, 0.15) is 36.7 Å². The lowest BCUT2D eigenvalue weighted by molar-refractivity contribution is -0.142. The van der Waals surface area contributed by atoms with Crippen molar-refractivity contribution < 1.29 is 39.5 Å². The summed E-state index contributed by atoms with van der Waals surface area (Å²) in [5, 5.41) is 0. The SMILES string of the molecule is CC(C)n1c(-c2ccc(C(F)(F)F)cc2C(F)(F)F)nc(C(F)(F)F)c(N)c1=O. The molecular weight excluding hydrogens is 421 g/mol. The molecule has 0 saturated carbocycles. The average Bonchev–Trinajstić information content (AvgIpc) is 2.53. The molecular formula is C16H12F9N3O. The Morgan fingerprint density at radius 2 is 1.48 bits per heavy atom. The molecule has 0 bridgehead atoms. The zero-order valence-corrected chi connectivity index (χ0v) is 14.6. The van der Waals surface area contributed by atoms with Gasteiger partial charge in [-0.3, -0.25) is 9.36 Å². The number of anilines is 1. The maximum absolute atomic E-state index is 13.4. The summed E-state index contributed by atoms with van der Waals surface area (Å²) < 4.78 is 119. The van der Waals surface area contributed by atoms with Crippen molar-refractivity contribution in [2.45, 2.75) is 38.4 Å². The van der Waals surface area contributed by atoms with Crippen LogP contribution < -0.4 is 11.3 Å². The van der Waals surface area contributed by atoms with Gasteiger partial charge in [0.25, 0.3) is 5.56 Å². The van der Waals surface area contributed by atoms with E-state index in [1.165, 1.54) is 13.8 Å². The van der Waals surface area contributed by atoms with Crippen LogP contribution in [0.15, 0.2) is 23.0 Å². The number of benzene rings is 1. The lowest BCUT2D eigenvalue weighted by Crippen LogP contribution is -2.31. The highest BCUT2D eigenvalue weighted by atomic mass is 19.4. The number of aromatic nitrogens is 2. The van der Waals surface area contributed by atoms with Crippen molar-refractivity contribution in [1.29, 1.82) is 0 Å². The Hall–Kier alpha value is -2.73. The third-order valence-corrected chi connectivity index (χ3v) is 3.83. The Bertz CT molecular complexity index is 985. The van der Waals surface area contributed by atoms with Crippen molar-refractivity contribution in [3.63, 3.8) is 0 Å². The smallest absolute Gasteiger partial charge is 0.392 e. The third kappa shape index (κ3) is 4.32. The van der Waals surface area contributed by atoms with Crippen LogP contribution in [0.3, 0.4) is 0 Å². The Balaban J connectivity index is 3.00. The zero-order valence-electron chi connectivity index (χ0n) is 14.6. The molecule has 2 rings (SSSR count). The van der Waals surface area contributed by atoms with E-state index < -0.39 is 64.0 Å². The molecule has 0 saturated heterocycles. The lowest BCUT2D eigenvalue weighted by Gasteiger charge is -2.22. The number of nitrogen functional groups attached to an aromatic ring is 1. The molecule has 0 aliphatic carbocycles. The summed E-state index contributed by atoms with van der Waals surface area (Å²) in [5.74, 6) is -1.10. The maximum Gasteiger partial charge on any atom is 0.435 e.